The lowest BCUT2D eigenvalue weighted by molar-refractivity contribution is -0.129. The average Bonchev–Trinajstić information content (AvgIpc) is 2.70. The van der Waals surface area contributed by atoms with E-state index in [0.717, 1.165) is 11.3 Å². The summed E-state index contributed by atoms with van der Waals surface area (Å²) in [7, 11) is 0. The molecule has 2 aromatic carbocycles. The smallest absolute Gasteiger partial charge is 0.229 e. The molecule has 4 nitrogen and oxygen atoms in total. The highest BCUT2D eigenvalue weighted by atomic mass is 35.5. The summed E-state index contributed by atoms with van der Waals surface area (Å²) in [6.45, 7) is 2.33. The minimum Gasteiger partial charge on any atom is -0.343 e. The molecule has 0 radical (unpaired) electrons. The number of nitrogens with zero attached hydrogens (tertiary/aromatic N) is 3. The molecule has 1 unspecified atom stereocenters. The number of carbonyl (C=O) groups is 1. The van der Waals surface area contributed by atoms with Crippen molar-refractivity contribution in [3.63, 3.8) is 0 Å². The number of allylic oxidation sites excluding steroid dienone is 1. The largest absolute Gasteiger partial charge is 0.343 e. The van der Waals surface area contributed by atoms with Crippen molar-refractivity contribution in [2.45, 2.75) is 19.3 Å². The van der Waals surface area contributed by atoms with Crippen molar-refractivity contribution < 1.29 is 4.79 Å². The molecule has 0 spiro atoms. The van der Waals surface area contributed by atoms with Gasteiger partial charge in [0.05, 0.1) is 29.2 Å². The van der Waals surface area contributed by atoms with Crippen LogP contribution in [-0.2, 0) is 4.79 Å². The van der Waals surface area contributed by atoms with Gasteiger partial charge in [0.15, 0.2) is 0 Å². The van der Waals surface area contributed by atoms with Gasteiger partial charge in [-0.25, -0.2) is 0 Å². The molecule has 0 saturated carbocycles. The molecule has 8 heteroatoms. The normalized spacial score (nSPS) is 19.3. The van der Waals surface area contributed by atoms with Crippen LogP contribution in [0.2, 0.25) is 15.1 Å². The zero-order chi connectivity index (χ0) is 20.7. The van der Waals surface area contributed by atoms with E-state index in [1.54, 1.807) is 23.1 Å². The molecule has 1 atom stereocenters. The summed E-state index contributed by atoms with van der Waals surface area (Å²) in [5, 5.41) is 12.2. The number of anilines is 1. The number of hydrogen-bond donors (Lipinski definition) is 0. The number of carbonyl (C=O) groups excluding carboxylic acids is 1. The molecule has 2 aromatic rings. The number of benzene rings is 2. The van der Waals surface area contributed by atoms with Gasteiger partial charge in [-0.15, -0.1) is 0 Å². The molecule has 0 bridgehead atoms. The number of rotatable bonds is 2. The molecule has 2 aliphatic rings. The molecule has 2 heterocycles. The number of thioether (sulfide) groups is 1. The molecule has 29 heavy (non-hydrogen) atoms. The zero-order valence-electron chi connectivity index (χ0n) is 15.5. The first-order valence-electron chi connectivity index (χ1n) is 8.93. The second-order valence-electron chi connectivity index (χ2n) is 6.88. The Kier molecular flexibility index (Phi) is 5.72. The fourth-order valence-electron chi connectivity index (χ4n) is 3.74. The van der Waals surface area contributed by atoms with Crippen molar-refractivity contribution in [3.05, 3.63) is 73.2 Å². The van der Waals surface area contributed by atoms with Crippen LogP contribution in [0.1, 0.15) is 23.5 Å². The molecule has 2 aliphatic heterocycles. The van der Waals surface area contributed by atoms with Gasteiger partial charge >= 0.3 is 0 Å². The van der Waals surface area contributed by atoms with E-state index in [9.17, 15) is 10.1 Å². The monoisotopic (exact) mass is 463 g/mol. The Hall–Kier alpha value is -1.84. The highest BCUT2D eigenvalue weighted by molar-refractivity contribution is 8.03. The van der Waals surface area contributed by atoms with Crippen LogP contribution in [0.4, 0.5) is 5.69 Å². The van der Waals surface area contributed by atoms with E-state index in [2.05, 4.69) is 11.0 Å². The molecule has 0 N–H and O–H groups in total. The Labute approximate surface area is 188 Å². The number of nitriles is 1. The van der Waals surface area contributed by atoms with Gasteiger partial charge in [-0.2, -0.15) is 5.26 Å². The second-order valence-corrected chi connectivity index (χ2v) is 9.04. The minimum atomic E-state index is -0.438. The van der Waals surface area contributed by atoms with Crippen molar-refractivity contribution in [2.75, 3.05) is 17.4 Å². The first kappa shape index (κ1) is 20.4. The first-order chi connectivity index (χ1) is 13.9. The first-order valence-corrected chi connectivity index (χ1v) is 11.1. The quantitative estimate of drug-likeness (QED) is 0.533. The Balaban J connectivity index is 1.73. The van der Waals surface area contributed by atoms with Crippen LogP contribution in [0.5, 0.6) is 0 Å². The average molecular weight is 465 g/mol. The highest BCUT2D eigenvalue weighted by Crippen LogP contribution is 2.46. The summed E-state index contributed by atoms with van der Waals surface area (Å²) in [4.78, 5) is 16.8. The summed E-state index contributed by atoms with van der Waals surface area (Å²) in [5.74, 6) is 0.109. The summed E-state index contributed by atoms with van der Waals surface area (Å²) in [6, 6.07) is 13.3. The van der Waals surface area contributed by atoms with E-state index in [-0.39, 0.29) is 12.3 Å². The van der Waals surface area contributed by atoms with Crippen molar-refractivity contribution in [3.8, 4) is 6.07 Å². The number of fused-ring (bicyclic) bond motifs is 1. The van der Waals surface area contributed by atoms with Gasteiger partial charge < -0.3 is 4.90 Å². The van der Waals surface area contributed by atoms with Crippen molar-refractivity contribution in [2.24, 2.45) is 0 Å². The van der Waals surface area contributed by atoms with Gasteiger partial charge in [0.2, 0.25) is 5.91 Å². The maximum Gasteiger partial charge on any atom is 0.229 e. The summed E-state index contributed by atoms with van der Waals surface area (Å²) >= 11 is 20.5. The maximum atomic E-state index is 13.1. The van der Waals surface area contributed by atoms with Crippen molar-refractivity contribution >= 4 is 58.2 Å². The summed E-state index contributed by atoms with van der Waals surface area (Å²) in [5.41, 5.74) is 3.12. The predicted molar refractivity (Wildman–Crippen MR) is 119 cm³/mol. The Morgan fingerprint density at radius 2 is 1.76 bits per heavy atom. The maximum absolute atomic E-state index is 13.1. The lowest BCUT2D eigenvalue weighted by Crippen LogP contribution is -2.47. The van der Waals surface area contributed by atoms with E-state index in [1.165, 1.54) is 11.8 Å². The van der Waals surface area contributed by atoms with E-state index in [1.807, 2.05) is 25.1 Å². The molecular weight excluding hydrogens is 449 g/mol. The SMILES string of the molecule is Cc1c(Cl)cccc1N1CSC2=C(C#N)C(c3c(Cl)cccc3Cl)CC(=O)N2C1. The number of halogens is 3. The van der Waals surface area contributed by atoms with Crippen molar-refractivity contribution in [1.29, 1.82) is 5.26 Å². The highest BCUT2D eigenvalue weighted by Gasteiger charge is 2.39. The Morgan fingerprint density at radius 3 is 2.45 bits per heavy atom. The predicted octanol–water partition coefficient (Wildman–Crippen LogP) is 6.17. The molecule has 1 amide bonds. The van der Waals surface area contributed by atoms with E-state index in [4.69, 9.17) is 34.8 Å². The van der Waals surface area contributed by atoms with Gasteiger partial charge in [0.25, 0.3) is 0 Å². The standard InChI is InChI=1S/C21H16Cl3N3OS/c1-12-15(22)4-3-7-18(12)26-10-27-19(28)8-13(14(9-25)21(27)29-11-26)20-16(23)5-2-6-17(20)24/h2-7,13H,8,10-11H2,1H3. The van der Waals surface area contributed by atoms with Crippen LogP contribution in [0.25, 0.3) is 0 Å². The Morgan fingerprint density at radius 1 is 1.10 bits per heavy atom. The summed E-state index contributed by atoms with van der Waals surface area (Å²) < 4.78 is 0. The third-order valence-electron chi connectivity index (χ3n) is 5.22. The van der Waals surface area contributed by atoms with Gasteiger partial charge in [-0.05, 0) is 42.3 Å². The lowest BCUT2D eigenvalue weighted by atomic mass is 9.86. The fraction of sp³-hybridized carbons (Fsp3) is 0.238. The molecule has 1 saturated heterocycles. The van der Waals surface area contributed by atoms with Crippen LogP contribution in [-0.4, -0.2) is 23.4 Å². The second kappa shape index (κ2) is 8.12. The third-order valence-corrected chi connectivity index (χ3v) is 7.44. The zero-order valence-corrected chi connectivity index (χ0v) is 18.5. The van der Waals surface area contributed by atoms with Gasteiger partial charge in [0, 0.05) is 33.1 Å². The number of amides is 1. The van der Waals surface area contributed by atoms with E-state index in [0.29, 0.717) is 43.8 Å². The Bertz CT molecular complexity index is 1060. The molecule has 0 aliphatic carbocycles. The fourth-order valence-corrected chi connectivity index (χ4v) is 5.73. The van der Waals surface area contributed by atoms with E-state index < -0.39 is 5.92 Å². The lowest BCUT2D eigenvalue weighted by Gasteiger charge is -2.42. The van der Waals surface area contributed by atoms with E-state index >= 15 is 0 Å². The van der Waals surface area contributed by atoms with Crippen LogP contribution in [0, 0.1) is 18.3 Å². The number of hydrogen-bond acceptors (Lipinski definition) is 4. The summed E-state index contributed by atoms with van der Waals surface area (Å²) in [6.07, 6.45) is 0.152. The van der Waals surface area contributed by atoms with Gasteiger partial charge in [-0.1, -0.05) is 58.7 Å². The molecule has 4 rings (SSSR count). The third kappa shape index (κ3) is 3.60. The molecule has 148 valence electrons. The van der Waals surface area contributed by atoms with Crippen molar-refractivity contribution in [1.82, 2.24) is 4.90 Å². The molecule has 0 aromatic heterocycles. The molecule has 1 fully saturated rings. The van der Waals surface area contributed by atoms with Gasteiger partial charge in [-0.3, -0.25) is 9.69 Å². The van der Waals surface area contributed by atoms with Crippen LogP contribution in [0.3, 0.4) is 0 Å². The molecular formula is C21H16Cl3N3OS. The minimum absolute atomic E-state index is 0.0585. The van der Waals surface area contributed by atoms with Gasteiger partial charge in [0.1, 0.15) is 0 Å². The van der Waals surface area contributed by atoms with Crippen LogP contribution >= 0.6 is 46.6 Å². The topological polar surface area (TPSA) is 47.3 Å². The van der Waals surface area contributed by atoms with Crippen LogP contribution < -0.4 is 4.90 Å². The van der Waals surface area contributed by atoms with Crippen LogP contribution in [0.15, 0.2) is 47.0 Å².